The van der Waals surface area contributed by atoms with Gasteiger partial charge < -0.3 is 15.4 Å². The SMILES string of the molecule is O=C(NCCCc1ccccc1)c1c(O)c2sccc2[nH]c1=O. The Morgan fingerprint density at radius 2 is 2.00 bits per heavy atom. The van der Waals surface area contributed by atoms with Crippen LogP contribution in [-0.2, 0) is 6.42 Å². The summed E-state index contributed by atoms with van der Waals surface area (Å²) in [4.78, 5) is 26.8. The van der Waals surface area contributed by atoms with Gasteiger partial charge in [-0.15, -0.1) is 11.3 Å². The van der Waals surface area contributed by atoms with Crippen molar-refractivity contribution in [2.24, 2.45) is 0 Å². The molecule has 0 unspecified atom stereocenters. The maximum Gasteiger partial charge on any atom is 0.265 e. The Morgan fingerprint density at radius 1 is 1.22 bits per heavy atom. The molecule has 0 bridgehead atoms. The molecule has 2 aromatic heterocycles. The van der Waals surface area contributed by atoms with Crippen molar-refractivity contribution in [2.45, 2.75) is 12.8 Å². The zero-order chi connectivity index (χ0) is 16.2. The van der Waals surface area contributed by atoms with Gasteiger partial charge in [0.1, 0.15) is 5.56 Å². The fraction of sp³-hybridized carbons (Fsp3) is 0.176. The van der Waals surface area contributed by atoms with E-state index in [0.29, 0.717) is 16.8 Å². The second kappa shape index (κ2) is 6.66. The minimum absolute atomic E-state index is 0.223. The predicted octanol–water partition coefficient (Wildman–Crippen LogP) is 2.66. The number of benzene rings is 1. The highest BCUT2D eigenvalue weighted by atomic mass is 32.1. The number of carbonyl (C=O) groups excluding carboxylic acids is 1. The molecule has 23 heavy (non-hydrogen) atoms. The molecule has 6 heteroatoms. The Balaban J connectivity index is 1.65. The number of rotatable bonds is 5. The third-order valence-corrected chi connectivity index (χ3v) is 4.51. The predicted molar refractivity (Wildman–Crippen MR) is 91.2 cm³/mol. The molecule has 0 saturated heterocycles. The van der Waals surface area contributed by atoms with Crippen LogP contribution in [0.4, 0.5) is 0 Å². The minimum atomic E-state index is -0.575. The lowest BCUT2D eigenvalue weighted by atomic mass is 10.1. The normalized spacial score (nSPS) is 10.8. The number of aromatic hydroxyl groups is 1. The zero-order valence-electron chi connectivity index (χ0n) is 12.3. The van der Waals surface area contributed by atoms with Crippen molar-refractivity contribution < 1.29 is 9.90 Å². The number of thiophene rings is 1. The second-order valence-corrected chi connectivity index (χ2v) is 6.10. The summed E-state index contributed by atoms with van der Waals surface area (Å²) in [5, 5.41) is 14.6. The van der Waals surface area contributed by atoms with Crippen LogP contribution in [0.3, 0.4) is 0 Å². The van der Waals surface area contributed by atoms with Crippen molar-refractivity contribution in [2.75, 3.05) is 6.54 Å². The van der Waals surface area contributed by atoms with Crippen LogP contribution in [0, 0.1) is 0 Å². The highest BCUT2D eigenvalue weighted by Gasteiger charge is 2.19. The molecule has 0 aliphatic heterocycles. The van der Waals surface area contributed by atoms with Gasteiger partial charge >= 0.3 is 0 Å². The van der Waals surface area contributed by atoms with Gasteiger partial charge in [0.25, 0.3) is 11.5 Å². The number of carbonyl (C=O) groups is 1. The topological polar surface area (TPSA) is 82.2 Å². The van der Waals surface area contributed by atoms with Gasteiger partial charge in [0.05, 0.1) is 10.2 Å². The second-order valence-electron chi connectivity index (χ2n) is 5.19. The van der Waals surface area contributed by atoms with Crippen molar-refractivity contribution in [3.63, 3.8) is 0 Å². The first-order valence-corrected chi connectivity index (χ1v) is 8.19. The molecule has 0 radical (unpaired) electrons. The molecule has 118 valence electrons. The van der Waals surface area contributed by atoms with Gasteiger partial charge in [0, 0.05) is 6.54 Å². The minimum Gasteiger partial charge on any atom is -0.505 e. The molecule has 0 saturated carbocycles. The van der Waals surface area contributed by atoms with Crippen LogP contribution in [0.2, 0.25) is 0 Å². The van der Waals surface area contributed by atoms with Crippen LogP contribution in [0.15, 0.2) is 46.6 Å². The summed E-state index contributed by atoms with van der Waals surface area (Å²) in [6, 6.07) is 11.7. The summed E-state index contributed by atoms with van der Waals surface area (Å²) in [7, 11) is 0. The van der Waals surface area contributed by atoms with Gasteiger partial charge in [0.2, 0.25) is 0 Å². The number of pyridine rings is 1. The molecule has 0 aliphatic rings. The van der Waals surface area contributed by atoms with Crippen LogP contribution in [-0.4, -0.2) is 22.5 Å². The van der Waals surface area contributed by atoms with E-state index >= 15 is 0 Å². The summed E-state index contributed by atoms with van der Waals surface area (Å²) in [6.45, 7) is 0.440. The molecule has 3 aromatic rings. The number of hydrogen-bond donors (Lipinski definition) is 3. The molecular formula is C17H16N2O3S. The third kappa shape index (κ3) is 3.27. The van der Waals surface area contributed by atoms with E-state index in [1.807, 2.05) is 30.3 Å². The van der Waals surface area contributed by atoms with Crippen LogP contribution in [0.1, 0.15) is 22.3 Å². The summed E-state index contributed by atoms with van der Waals surface area (Å²) in [5.41, 5.74) is 0.939. The van der Waals surface area contributed by atoms with Gasteiger partial charge in [-0.3, -0.25) is 9.59 Å². The number of H-pyrrole nitrogens is 1. The standard InChI is InChI=1S/C17H16N2O3S/c20-14-13(17(22)19-12-8-10-23-15(12)14)16(21)18-9-4-7-11-5-2-1-3-6-11/h1-3,5-6,8,10H,4,7,9H2,(H,18,21)(H2,19,20,22). The molecular weight excluding hydrogens is 312 g/mol. The number of hydrogen-bond acceptors (Lipinski definition) is 4. The largest absolute Gasteiger partial charge is 0.505 e. The van der Waals surface area contributed by atoms with Gasteiger partial charge in [-0.1, -0.05) is 30.3 Å². The Hall–Kier alpha value is -2.60. The Labute approximate surface area is 136 Å². The molecule has 0 atom stereocenters. The number of aromatic amines is 1. The fourth-order valence-corrected chi connectivity index (χ4v) is 3.24. The Kier molecular flexibility index (Phi) is 4.43. The van der Waals surface area contributed by atoms with Gasteiger partial charge in [-0.2, -0.15) is 0 Å². The molecule has 5 nitrogen and oxygen atoms in total. The van der Waals surface area contributed by atoms with Crippen LogP contribution in [0.5, 0.6) is 5.75 Å². The number of amides is 1. The maximum atomic E-state index is 12.2. The van der Waals surface area contributed by atoms with Crippen LogP contribution in [0.25, 0.3) is 10.2 Å². The van der Waals surface area contributed by atoms with E-state index in [0.717, 1.165) is 12.8 Å². The van der Waals surface area contributed by atoms with E-state index in [1.165, 1.54) is 16.9 Å². The maximum absolute atomic E-state index is 12.2. The van der Waals surface area contributed by atoms with Crippen LogP contribution < -0.4 is 10.9 Å². The molecule has 0 spiro atoms. The van der Waals surface area contributed by atoms with Crippen molar-refractivity contribution in [1.29, 1.82) is 0 Å². The van der Waals surface area contributed by atoms with Gasteiger partial charge in [0.15, 0.2) is 5.75 Å². The first-order chi connectivity index (χ1) is 11.2. The van der Waals surface area contributed by atoms with Gasteiger partial charge in [-0.05, 0) is 29.9 Å². The lowest BCUT2D eigenvalue weighted by molar-refractivity contribution is 0.0949. The number of aryl methyl sites for hydroxylation is 1. The number of fused-ring (bicyclic) bond motifs is 1. The van der Waals surface area contributed by atoms with E-state index in [-0.39, 0.29) is 11.3 Å². The van der Waals surface area contributed by atoms with Crippen molar-refractivity contribution in [3.05, 3.63) is 63.3 Å². The average Bonchev–Trinajstić information content (AvgIpc) is 3.01. The molecule has 0 fully saturated rings. The molecule has 3 N–H and O–H groups in total. The highest BCUT2D eigenvalue weighted by molar-refractivity contribution is 7.17. The number of nitrogens with one attached hydrogen (secondary N) is 2. The lowest BCUT2D eigenvalue weighted by Crippen LogP contribution is -2.30. The van der Waals surface area contributed by atoms with Gasteiger partial charge in [-0.25, -0.2) is 0 Å². The first-order valence-electron chi connectivity index (χ1n) is 7.31. The van der Waals surface area contributed by atoms with E-state index in [4.69, 9.17) is 0 Å². The molecule has 1 amide bonds. The highest BCUT2D eigenvalue weighted by Crippen LogP contribution is 2.29. The first kappa shape index (κ1) is 15.3. The van der Waals surface area contributed by atoms with E-state index in [1.54, 1.807) is 11.4 Å². The molecule has 3 rings (SSSR count). The molecule has 1 aromatic carbocycles. The Morgan fingerprint density at radius 3 is 2.78 bits per heavy atom. The lowest BCUT2D eigenvalue weighted by Gasteiger charge is -2.07. The van der Waals surface area contributed by atoms with Crippen molar-refractivity contribution in [3.8, 4) is 5.75 Å². The quantitative estimate of drug-likeness (QED) is 0.630. The van der Waals surface area contributed by atoms with E-state index < -0.39 is 11.5 Å². The third-order valence-electron chi connectivity index (χ3n) is 3.59. The van der Waals surface area contributed by atoms with Crippen molar-refractivity contribution in [1.82, 2.24) is 10.3 Å². The summed E-state index contributed by atoms with van der Waals surface area (Å²) in [6.07, 6.45) is 1.60. The van der Waals surface area contributed by atoms with Crippen molar-refractivity contribution >= 4 is 27.5 Å². The summed E-state index contributed by atoms with van der Waals surface area (Å²) in [5.74, 6) is -0.800. The number of aromatic nitrogens is 1. The smallest absolute Gasteiger partial charge is 0.265 e. The summed E-state index contributed by atoms with van der Waals surface area (Å²) < 4.78 is 0.513. The Bertz CT molecular complexity index is 884. The fourth-order valence-electron chi connectivity index (χ4n) is 2.44. The average molecular weight is 328 g/mol. The van der Waals surface area contributed by atoms with E-state index in [9.17, 15) is 14.7 Å². The monoisotopic (exact) mass is 328 g/mol. The molecule has 0 aliphatic carbocycles. The van der Waals surface area contributed by atoms with E-state index in [2.05, 4.69) is 10.3 Å². The molecule has 2 heterocycles. The van der Waals surface area contributed by atoms with Crippen LogP contribution >= 0.6 is 11.3 Å². The zero-order valence-corrected chi connectivity index (χ0v) is 13.2. The summed E-state index contributed by atoms with van der Waals surface area (Å²) >= 11 is 1.28.